The fourth-order valence-electron chi connectivity index (χ4n) is 3.14. The van der Waals surface area contributed by atoms with Crippen LogP contribution in [0.1, 0.15) is 52.4 Å². The van der Waals surface area contributed by atoms with Gasteiger partial charge >= 0.3 is 0 Å². The van der Waals surface area contributed by atoms with Gasteiger partial charge in [0.15, 0.2) is 0 Å². The predicted molar refractivity (Wildman–Crippen MR) is 80.5 cm³/mol. The highest BCUT2D eigenvalue weighted by Crippen LogP contribution is 2.32. The van der Waals surface area contributed by atoms with Gasteiger partial charge in [-0.3, -0.25) is 4.79 Å². The van der Waals surface area contributed by atoms with E-state index in [0.717, 1.165) is 12.8 Å². The highest BCUT2D eigenvalue weighted by Gasteiger charge is 2.41. The van der Waals surface area contributed by atoms with Crippen LogP contribution in [0.25, 0.3) is 0 Å². The number of ether oxygens (including phenoxy) is 1. The van der Waals surface area contributed by atoms with Crippen molar-refractivity contribution in [3.8, 4) is 6.07 Å². The Kier molecular flexibility index (Phi) is 6.63. The molecule has 1 saturated heterocycles. The topological polar surface area (TPSA) is 73.6 Å². The lowest BCUT2D eigenvalue weighted by molar-refractivity contribution is -0.145. The number of rotatable bonds is 7. The summed E-state index contributed by atoms with van der Waals surface area (Å²) in [5, 5.41) is 20.1. The third kappa shape index (κ3) is 4.42. The predicted octanol–water partition coefficient (Wildman–Crippen LogP) is 2.10. The molecular formula is C16H28N2O3. The maximum atomic E-state index is 12.8. The van der Waals surface area contributed by atoms with Crippen molar-refractivity contribution in [2.75, 3.05) is 26.8 Å². The second-order valence-corrected chi connectivity index (χ2v) is 6.19. The smallest absolute Gasteiger partial charge is 0.242 e. The summed E-state index contributed by atoms with van der Waals surface area (Å²) in [7, 11) is 1.69. The average Bonchev–Trinajstić information content (AvgIpc) is 2.46. The first-order valence-corrected chi connectivity index (χ1v) is 7.90. The lowest BCUT2D eigenvalue weighted by Crippen LogP contribution is -2.51. The summed E-state index contributed by atoms with van der Waals surface area (Å²) < 4.78 is 5.26. The van der Waals surface area contributed by atoms with Crippen molar-refractivity contribution >= 4 is 5.91 Å². The average molecular weight is 296 g/mol. The molecule has 0 radical (unpaired) electrons. The fourth-order valence-corrected chi connectivity index (χ4v) is 3.14. The van der Waals surface area contributed by atoms with Gasteiger partial charge in [-0.25, -0.2) is 0 Å². The molecule has 1 heterocycles. The van der Waals surface area contributed by atoms with Crippen LogP contribution in [0.5, 0.6) is 0 Å². The summed E-state index contributed by atoms with van der Waals surface area (Å²) in [5.41, 5.74) is -1.83. The molecule has 0 bridgehead atoms. The van der Waals surface area contributed by atoms with Gasteiger partial charge in [-0.15, -0.1) is 0 Å². The van der Waals surface area contributed by atoms with E-state index in [0.29, 0.717) is 38.9 Å². The quantitative estimate of drug-likeness (QED) is 0.780. The van der Waals surface area contributed by atoms with E-state index in [1.807, 2.05) is 13.8 Å². The third-order valence-corrected chi connectivity index (χ3v) is 4.28. The Bertz CT molecular complexity index is 377. The van der Waals surface area contributed by atoms with Crippen LogP contribution in [0.15, 0.2) is 0 Å². The van der Waals surface area contributed by atoms with Crippen molar-refractivity contribution in [1.82, 2.24) is 4.90 Å². The van der Waals surface area contributed by atoms with E-state index in [2.05, 4.69) is 6.07 Å². The Morgan fingerprint density at radius 1 is 1.33 bits per heavy atom. The minimum absolute atomic E-state index is 0.159. The van der Waals surface area contributed by atoms with Crippen LogP contribution in [-0.4, -0.2) is 48.3 Å². The number of hydrogen-bond donors (Lipinski definition) is 1. The van der Waals surface area contributed by atoms with Crippen molar-refractivity contribution < 1.29 is 14.6 Å². The highest BCUT2D eigenvalue weighted by atomic mass is 16.5. The van der Waals surface area contributed by atoms with Crippen LogP contribution < -0.4 is 0 Å². The number of amides is 1. The van der Waals surface area contributed by atoms with Crippen LogP contribution in [0.2, 0.25) is 0 Å². The molecule has 0 unspecified atom stereocenters. The van der Waals surface area contributed by atoms with Crippen LogP contribution in [-0.2, 0) is 9.53 Å². The van der Waals surface area contributed by atoms with Crippen LogP contribution in [0.4, 0.5) is 0 Å². The number of aliphatic hydroxyl groups is 1. The zero-order chi connectivity index (χ0) is 15.9. The number of carbonyl (C=O) groups is 1. The Morgan fingerprint density at radius 3 is 2.29 bits per heavy atom. The van der Waals surface area contributed by atoms with E-state index in [9.17, 15) is 15.2 Å². The molecule has 0 spiro atoms. The maximum Gasteiger partial charge on any atom is 0.242 e. The van der Waals surface area contributed by atoms with Crippen LogP contribution >= 0.6 is 0 Å². The first kappa shape index (κ1) is 17.9. The minimum Gasteiger partial charge on any atom is -0.388 e. The van der Waals surface area contributed by atoms with Crippen molar-refractivity contribution in [2.24, 2.45) is 5.41 Å². The highest BCUT2D eigenvalue weighted by molar-refractivity contribution is 5.85. The molecule has 5 heteroatoms. The SMILES string of the molecule is CCCC(C#N)(CCC)C(=O)N(C)CC1(O)CCOCC1. The lowest BCUT2D eigenvalue weighted by Gasteiger charge is -2.38. The van der Waals surface area contributed by atoms with E-state index in [4.69, 9.17) is 4.74 Å². The number of nitriles is 1. The zero-order valence-electron chi connectivity index (χ0n) is 13.5. The summed E-state index contributed by atoms with van der Waals surface area (Å²) in [5.74, 6) is -0.159. The Morgan fingerprint density at radius 2 is 1.86 bits per heavy atom. The van der Waals surface area contributed by atoms with Gasteiger partial charge in [-0.1, -0.05) is 26.7 Å². The largest absolute Gasteiger partial charge is 0.388 e. The van der Waals surface area contributed by atoms with Gasteiger partial charge < -0.3 is 14.7 Å². The molecule has 21 heavy (non-hydrogen) atoms. The standard InChI is InChI=1S/C16H28N2O3/c1-4-6-15(12-17,7-5-2)14(19)18(3)13-16(20)8-10-21-11-9-16/h20H,4-11,13H2,1-3H3. The number of likely N-dealkylation sites (N-methyl/N-ethyl adjacent to an activating group) is 1. The van der Waals surface area contributed by atoms with Crippen molar-refractivity contribution in [2.45, 2.75) is 58.0 Å². The molecule has 1 aliphatic rings. The van der Waals surface area contributed by atoms with Gasteiger partial charge in [0, 0.05) is 39.6 Å². The van der Waals surface area contributed by atoms with Gasteiger partial charge in [-0.05, 0) is 12.8 Å². The van der Waals surface area contributed by atoms with Gasteiger partial charge in [0.2, 0.25) is 5.91 Å². The number of hydrogen-bond acceptors (Lipinski definition) is 4. The summed E-state index contributed by atoms with van der Waals surface area (Å²) in [6.07, 6.45) is 3.80. The molecule has 1 N–H and O–H groups in total. The van der Waals surface area contributed by atoms with Crippen molar-refractivity contribution in [3.05, 3.63) is 0 Å². The van der Waals surface area contributed by atoms with E-state index in [-0.39, 0.29) is 12.5 Å². The van der Waals surface area contributed by atoms with Gasteiger partial charge in [0.25, 0.3) is 0 Å². The molecule has 5 nitrogen and oxygen atoms in total. The maximum absolute atomic E-state index is 12.8. The minimum atomic E-state index is -0.945. The molecule has 120 valence electrons. The fraction of sp³-hybridized carbons (Fsp3) is 0.875. The lowest BCUT2D eigenvalue weighted by atomic mass is 9.79. The summed E-state index contributed by atoms with van der Waals surface area (Å²) in [4.78, 5) is 14.3. The molecule has 1 aliphatic heterocycles. The van der Waals surface area contributed by atoms with Gasteiger partial charge in [-0.2, -0.15) is 5.26 Å². The zero-order valence-corrected chi connectivity index (χ0v) is 13.5. The van der Waals surface area contributed by atoms with Crippen molar-refractivity contribution in [1.29, 1.82) is 5.26 Å². The molecule has 0 aromatic carbocycles. The van der Waals surface area contributed by atoms with E-state index >= 15 is 0 Å². The second kappa shape index (κ2) is 7.77. The number of nitrogens with zero attached hydrogens (tertiary/aromatic N) is 2. The number of carbonyl (C=O) groups excluding carboxylic acids is 1. The molecule has 1 amide bonds. The van der Waals surface area contributed by atoms with Gasteiger partial charge in [0.05, 0.1) is 11.7 Å². The van der Waals surface area contributed by atoms with E-state index < -0.39 is 11.0 Å². The molecular weight excluding hydrogens is 268 g/mol. The van der Waals surface area contributed by atoms with E-state index in [1.54, 1.807) is 11.9 Å². The molecule has 1 rings (SSSR count). The van der Waals surface area contributed by atoms with Crippen molar-refractivity contribution in [3.63, 3.8) is 0 Å². The van der Waals surface area contributed by atoms with Crippen LogP contribution in [0.3, 0.4) is 0 Å². The molecule has 0 saturated carbocycles. The Hall–Kier alpha value is -1.12. The van der Waals surface area contributed by atoms with E-state index in [1.165, 1.54) is 0 Å². The summed E-state index contributed by atoms with van der Waals surface area (Å²) in [6.45, 7) is 5.28. The Balaban J connectivity index is 2.80. The van der Waals surface area contributed by atoms with Crippen LogP contribution in [0, 0.1) is 16.7 Å². The Labute approximate surface area is 127 Å². The monoisotopic (exact) mass is 296 g/mol. The molecule has 0 atom stereocenters. The first-order chi connectivity index (χ1) is 9.93. The normalized spacial score (nSPS) is 18.0. The first-order valence-electron chi connectivity index (χ1n) is 7.90. The van der Waals surface area contributed by atoms with Gasteiger partial charge in [0.1, 0.15) is 5.41 Å². The summed E-state index contributed by atoms with van der Waals surface area (Å²) in [6, 6.07) is 2.25. The molecule has 0 aromatic heterocycles. The second-order valence-electron chi connectivity index (χ2n) is 6.19. The molecule has 0 aromatic rings. The third-order valence-electron chi connectivity index (χ3n) is 4.28. The molecule has 1 fully saturated rings. The molecule has 0 aliphatic carbocycles. The summed E-state index contributed by atoms with van der Waals surface area (Å²) >= 11 is 0.